The molecule has 142 valence electrons. The molecule has 0 aliphatic carbocycles. The van der Waals surface area contributed by atoms with E-state index in [4.69, 9.17) is 0 Å². The van der Waals surface area contributed by atoms with E-state index in [-0.39, 0.29) is 24.2 Å². The molecule has 1 aliphatic rings. The molecule has 3 heterocycles. The van der Waals surface area contributed by atoms with Crippen LogP contribution in [0.15, 0.2) is 61.1 Å². The van der Waals surface area contributed by atoms with Crippen LogP contribution >= 0.6 is 0 Å². The average Bonchev–Trinajstić information content (AvgIpc) is 3.34. The summed E-state index contributed by atoms with van der Waals surface area (Å²) in [6, 6.07) is 13.6. The Bertz CT molecular complexity index is 955. The van der Waals surface area contributed by atoms with Gasteiger partial charge in [-0.1, -0.05) is 30.3 Å². The average molecular weight is 375 g/mol. The van der Waals surface area contributed by atoms with Gasteiger partial charge in [0.05, 0.1) is 17.8 Å². The summed E-state index contributed by atoms with van der Waals surface area (Å²) in [5, 5.41) is 10.0. The van der Waals surface area contributed by atoms with Gasteiger partial charge >= 0.3 is 0 Å². The minimum atomic E-state index is -0.332. The van der Waals surface area contributed by atoms with Crippen molar-refractivity contribution in [1.29, 1.82) is 0 Å². The first kappa shape index (κ1) is 17.9. The van der Waals surface area contributed by atoms with Crippen molar-refractivity contribution < 1.29 is 9.59 Å². The van der Waals surface area contributed by atoms with Crippen LogP contribution in [0.5, 0.6) is 0 Å². The first-order valence-corrected chi connectivity index (χ1v) is 9.23. The Balaban J connectivity index is 1.35. The molecular formula is C21H21N5O2. The number of carbonyl (C=O) groups excluding carboxylic acids is 2. The number of nitrogens with one attached hydrogen (secondary N) is 2. The Morgan fingerprint density at radius 1 is 1.18 bits per heavy atom. The third-order valence-electron chi connectivity index (χ3n) is 4.94. The third-order valence-corrected chi connectivity index (χ3v) is 4.94. The number of rotatable bonds is 6. The van der Waals surface area contributed by atoms with Crippen LogP contribution in [0, 0.1) is 5.92 Å². The highest BCUT2D eigenvalue weighted by atomic mass is 16.2. The van der Waals surface area contributed by atoms with Gasteiger partial charge in [0, 0.05) is 44.0 Å². The highest BCUT2D eigenvalue weighted by Gasteiger charge is 2.34. The molecule has 1 saturated heterocycles. The van der Waals surface area contributed by atoms with E-state index in [1.54, 1.807) is 23.5 Å². The summed E-state index contributed by atoms with van der Waals surface area (Å²) < 4.78 is 0. The van der Waals surface area contributed by atoms with Crippen molar-refractivity contribution in [2.75, 3.05) is 6.54 Å². The molecule has 28 heavy (non-hydrogen) atoms. The SMILES string of the molecule is O=C(NCc1cn[nH]c1-c1ccccc1)[C@@H]1CC(=O)N(Cc2ccncc2)C1. The van der Waals surface area contributed by atoms with Crippen LogP contribution in [0.3, 0.4) is 0 Å². The predicted octanol–water partition coefficient (Wildman–Crippen LogP) is 2.14. The van der Waals surface area contributed by atoms with Crippen LogP contribution < -0.4 is 5.32 Å². The Morgan fingerprint density at radius 3 is 2.75 bits per heavy atom. The second-order valence-corrected chi connectivity index (χ2v) is 6.88. The van der Waals surface area contributed by atoms with E-state index in [1.165, 1.54) is 0 Å². The van der Waals surface area contributed by atoms with Gasteiger partial charge in [-0.2, -0.15) is 5.10 Å². The number of aromatic nitrogens is 3. The molecule has 7 heteroatoms. The van der Waals surface area contributed by atoms with Crippen molar-refractivity contribution in [1.82, 2.24) is 25.4 Å². The monoisotopic (exact) mass is 375 g/mol. The summed E-state index contributed by atoms with van der Waals surface area (Å²) in [5.74, 6) is -0.433. The molecule has 1 fully saturated rings. The molecule has 0 radical (unpaired) electrons. The summed E-state index contributed by atoms with van der Waals surface area (Å²) in [6.07, 6.45) is 5.37. The van der Waals surface area contributed by atoms with E-state index >= 15 is 0 Å². The fourth-order valence-electron chi connectivity index (χ4n) is 3.44. The number of nitrogens with zero attached hydrogens (tertiary/aromatic N) is 3. The zero-order valence-electron chi connectivity index (χ0n) is 15.3. The van der Waals surface area contributed by atoms with Gasteiger partial charge in [-0.05, 0) is 23.3 Å². The Morgan fingerprint density at radius 2 is 1.96 bits per heavy atom. The van der Waals surface area contributed by atoms with Gasteiger partial charge in [-0.15, -0.1) is 0 Å². The predicted molar refractivity (Wildman–Crippen MR) is 104 cm³/mol. The Kier molecular flexibility index (Phi) is 5.14. The molecule has 7 nitrogen and oxygen atoms in total. The van der Waals surface area contributed by atoms with E-state index in [0.29, 0.717) is 19.6 Å². The van der Waals surface area contributed by atoms with Gasteiger partial charge < -0.3 is 10.2 Å². The van der Waals surface area contributed by atoms with Crippen molar-refractivity contribution in [2.45, 2.75) is 19.5 Å². The zero-order chi connectivity index (χ0) is 19.3. The molecule has 1 aromatic carbocycles. The molecule has 2 aromatic heterocycles. The smallest absolute Gasteiger partial charge is 0.225 e. The number of pyridine rings is 1. The van der Waals surface area contributed by atoms with Crippen LogP contribution in [0.1, 0.15) is 17.5 Å². The molecule has 0 unspecified atom stereocenters. The largest absolute Gasteiger partial charge is 0.352 e. The fourth-order valence-corrected chi connectivity index (χ4v) is 3.44. The van der Waals surface area contributed by atoms with Crippen molar-refractivity contribution in [3.05, 3.63) is 72.2 Å². The second kappa shape index (κ2) is 8.04. The number of hydrogen-bond donors (Lipinski definition) is 2. The molecule has 3 aromatic rings. The van der Waals surface area contributed by atoms with Crippen molar-refractivity contribution in [2.24, 2.45) is 5.92 Å². The topological polar surface area (TPSA) is 91.0 Å². The molecule has 1 atom stereocenters. The summed E-state index contributed by atoms with van der Waals surface area (Å²) in [5.41, 5.74) is 3.83. The van der Waals surface area contributed by atoms with E-state index < -0.39 is 0 Å². The Labute approximate surface area is 162 Å². The molecule has 1 aliphatic heterocycles. The molecule has 0 saturated carbocycles. The third kappa shape index (κ3) is 3.93. The zero-order valence-corrected chi connectivity index (χ0v) is 15.3. The lowest BCUT2D eigenvalue weighted by Crippen LogP contribution is -2.32. The van der Waals surface area contributed by atoms with Crippen LogP contribution in [0.4, 0.5) is 0 Å². The highest BCUT2D eigenvalue weighted by Crippen LogP contribution is 2.22. The van der Waals surface area contributed by atoms with Crippen LogP contribution in [-0.4, -0.2) is 38.4 Å². The lowest BCUT2D eigenvalue weighted by atomic mass is 10.1. The fraction of sp³-hybridized carbons (Fsp3) is 0.238. The van der Waals surface area contributed by atoms with Gasteiger partial charge in [0.2, 0.25) is 11.8 Å². The van der Waals surface area contributed by atoms with Gasteiger partial charge in [0.15, 0.2) is 0 Å². The van der Waals surface area contributed by atoms with E-state index in [9.17, 15) is 9.59 Å². The van der Waals surface area contributed by atoms with E-state index in [1.807, 2.05) is 42.5 Å². The van der Waals surface area contributed by atoms with E-state index in [2.05, 4.69) is 20.5 Å². The maximum atomic E-state index is 12.6. The number of H-pyrrole nitrogens is 1. The number of aromatic amines is 1. The first-order valence-electron chi connectivity index (χ1n) is 9.23. The van der Waals surface area contributed by atoms with Crippen LogP contribution in [0.25, 0.3) is 11.3 Å². The quantitative estimate of drug-likeness (QED) is 0.691. The molecule has 2 amide bonds. The molecule has 0 spiro atoms. The Hall–Kier alpha value is -3.48. The number of benzene rings is 1. The minimum absolute atomic E-state index is 0.00486. The maximum Gasteiger partial charge on any atom is 0.225 e. The number of carbonyl (C=O) groups is 2. The standard InChI is InChI=1S/C21H21N5O2/c27-19-10-17(14-26(19)13-15-6-8-22-9-7-15)21(28)23-11-18-12-24-25-20(18)16-4-2-1-3-5-16/h1-9,12,17H,10-11,13-14H2,(H,23,28)(H,24,25)/t17-/m1/s1. The summed E-state index contributed by atoms with van der Waals surface area (Å²) in [4.78, 5) is 30.6. The minimum Gasteiger partial charge on any atom is -0.352 e. The number of amides is 2. The normalized spacial score (nSPS) is 16.4. The number of likely N-dealkylation sites (tertiary alicyclic amines) is 1. The van der Waals surface area contributed by atoms with Gasteiger partial charge in [-0.3, -0.25) is 19.7 Å². The van der Waals surface area contributed by atoms with Crippen LogP contribution in [0.2, 0.25) is 0 Å². The molecule has 4 rings (SSSR count). The van der Waals surface area contributed by atoms with Crippen LogP contribution in [-0.2, 0) is 22.7 Å². The van der Waals surface area contributed by atoms with Gasteiger partial charge in [0.1, 0.15) is 0 Å². The maximum absolute atomic E-state index is 12.6. The number of hydrogen-bond acceptors (Lipinski definition) is 4. The van der Waals surface area contributed by atoms with Crippen molar-refractivity contribution in [3.8, 4) is 11.3 Å². The summed E-state index contributed by atoms with van der Waals surface area (Å²) in [7, 11) is 0. The lowest BCUT2D eigenvalue weighted by molar-refractivity contribution is -0.129. The second-order valence-electron chi connectivity index (χ2n) is 6.88. The van der Waals surface area contributed by atoms with Gasteiger partial charge in [-0.25, -0.2) is 0 Å². The first-order chi connectivity index (χ1) is 13.7. The molecule has 0 bridgehead atoms. The summed E-state index contributed by atoms with van der Waals surface area (Å²) in [6.45, 7) is 1.31. The van der Waals surface area contributed by atoms with Gasteiger partial charge in [0.25, 0.3) is 0 Å². The lowest BCUT2D eigenvalue weighted by Gasteiger charge is -2.16. The summed E-state index contributed by atoms with van der Waals surface area (Å²) >= 11 is 0. The van der Waals surface area contributed by atoms with E-state index in [0.717, 1.165) is 22.4 Å². The molecule has 2 N–H and O–H groups in total. The van der Waals surface area contributed by atoms with Crippen molar-refractivity contribution >= 4 is 11.8 Å². The highest BCUT2D eigenvalue weighted by molar-refractivity contribution is 5.89. The van der Waals surface area contributed by atoms with Crippen molar-refractivity contribution in [3.63, 3.8) is 0 Å². The molecular weight excluding hydrogens is 354 g/mol.